The molecule has 27 heavy (non-hydrogen) atoms. The third-order valence-electron chi connectivity index (χ3n) is 3.62. The molecule has 0 bridgehead atoms. The van der Waals surface area contributed by atoms with Crippen molar-refractivity contribution < 1.29 is 9.53 Å². The quantitative estimate of drug-likeness (QED) is 0.485. The average Bonchev–Trinajstić information content (AvgIpc) is 3.12. The molecule has 0 atom stereocenters. The number of ether oxygens (including phenoxy) is 1. The summed E-state index contributed by atoms with van der Waals surface area (Å²) in [7, 11) is 0. The standard InChI is InChI=1S/C19H17N5O2S/c1-13(14-6-8-15(9-7-14)26-11-10-20)23-24-18(25)12-21-19-22-16-4-2-3-5-17(16)27-19/h2-9H,11-12H2,1H3,(H,21,22)(H,24,25)/b23-13-. The van der Waals surface area contributed by atoms with E-state index in [1.807, 2.05) is 42.5 Å². The number of carbonyl (C=O) groups is 1. The molecule has 3 rings (SSSR count). The van der Waals surface area contributed by atoms with Crippen molar-refractivity contribution in [3.05, 3.63) is 54.1 Å². The Bertz CT molecular complexity index is 972. The van der Waals surface area contributed by atoms with Crippen molar-refractivity contribution in [3.63, 3.8) is 0 Å². The first-order chi connectivity index (χ1) is 13.2. The highest BCUT2D eigenvalue weighted by atomic mass is 32.1. The van der Waals surface area contributed by atoms with E-state index < -0.39 is 0 Å². The van der Waals surface area contributed by atoms with Crippen molar-refractivity contribution in [1.82, 2.24) is 10.4 Å². The second-order valence-corrected chi connectivity index (χ2v) is 6.57. The highest BCUT2D eigenvalue weighted by Crippen LogP contribution is 2.24. The molecule has 0 spiro atoms. The van der Waals surface area contributed by atoms with E-state index in [0.29, 0.717) is 16.6 Å². The van der Waals surface area contributed by atoms with Crippen LogP contribution in [-0.4, -0.2) is 29.8 Å². The molecule has 0 unspecified atom stereocenters. The highest BCUT2D eigenvalue weighted by molar-refractivity contribution is 7.22. The summed E-state index contributed by atoms with van der Waals surface area (Å²) in [6.45, 7) is 1.88. The first-order valence-electron chi connectivity index (χ1n) is 8.18. The number of thiazole rings is 1. The van der Waals surface area contributed by atoms with E-state index >= 15 is 0 Å². The van der Waals surface area contributed by atoms with E-state index in [-0.39, 0.29) is 19.1 Å². The molecule has 0 radical (unpaired) electrons. The Hall–Kier alpha value is -3.44. The molecule has 1 heterocycles. The molecule has 0 aliphatic carbocycles. The zero-order valence-corrected chi connectivity index (χ0v) is 15.4. The average molecular weight is 379 g/mol. The minimum absolute atomic E-state index is 0.00410. The minimum Gasteiger partial charge on any atom is -0.479 e. The number of nitrogens with one attached hydrogen (secondary N) is 2. The highest BCUT2D eigenvalue weighted by Gasteiger charge is 2.06. The van der Waals surface area contributed by atoms with Gasteiger partial charge in [-0.3, -0.25) is 4.79 Å². The Kier molecular flexibility index (Phi) is 5.97. The number of anilines is 1. The van der Waals surface area contributed by atoms with Crippen molar-refractivity contribution in [2.24, 2.45) is 5.10 Å². The monoisotopic (exact) mass is 379 g/mol. The topological polar surface area (TPSA) is 99.4 Å². The van der Waals surface area contributed by atoms with Crippen molar-refractivity contribution in [2.45, 2.75) is 6.92 Å². The van der Waals surface area contributed by atoms with Gasteiger partial charge in [-0.15, -0.1) is 0 Å². The summed E-state index contributed by atoms with van der Waals surface area (Å²) in [4.78, 5) is 16.4. The van der Waals surface area contributed by atoms with Gasteiger partial charge in [0.25, 0.3) is 5.91 Å². The van der Waals surface area contributed by atoms with Crippen LogP contribution >= 0.6 is 11.3 Å². The Labute approximate surface area is 160 Å². The number of amides is 1. The molecule has 8 heteroatoms. The van der Waals surface area contributed by atoms with Gasteiger partial charge in [0.15, 0.2) is 11.7 Å². The van der Waals surface area contributed by atoms with Crippen LogP contribution < -0.4 is 15.5 Å². The van der Waals surface area contributed by atoms with Gasteiger partial charge in [0.05, 0.1) is 22.5 Å². The molecule has 0 saturated heterocycles. The lowest BCUT2D eigenvalue weighted by Gasteiger charge is -2.05. The fourth-order valence-corrected chi connectivity index (χ4v) is 3.12. The molecular formula is C19H17N5O2S. The number of fused-ring (bicyclic) bond motifs is 1. The first kappa shape index (κ1) is 18.4. The van der Waals surface area contributed by atoms with E-state index in [1.165, 1.54) is 11.3 Å². The molecule has 3 aromatic rings. The number of benzene rings is 2. The van der Waals surface area contributed by atoms with Crippen molar-refractivity contribution in [1.29, 1.82) is 5.26 Å². The molecule has 7 nitrogen and oxygen atoms in total. The van der Waals surface area contributed by atoms with Gasteiger partial charge in [0.1, 0.15) is 11.8 Å². The normalized spacial score (nSPS) is 11.0. The maximum absolute atomic E-state index is 12.0. The Morgan fingerprint density at radius 2 is 2.04 bits per heavy atom. The fraction of sp³-hybridized carbons (Fsp3) is 0.158. The number of nitrogens with zero attached hydrogens (tertiary/aromatic N) is 3. The van der Waals surface area contributed by atoms with Crippen molar-refractivity contribution in [3.8, 4) is 11.8 Å². The van der Waals surface area contributed by atoms with Crippen molar-refractivity contribution in [2.75, 3.05) is 18.5 Å². The van der Waals surface area contributed by atoms with Gasteiger partial charge in [-0.05, 0) is 48.9 Å². The number of para-hydroxylation sites is 1. The van der Waals surface area contributed by atoms with E-state index in [4.69, 9.17) is 10.00 Å². The molecule has 136 valence electrons. The summed E-state index contributed by atoms with van der Waals surface area (Å²) in [5.74, 6) is 0.347. The van der Waals surface area contributed by atoms with E-state index in [1.54, 1.807) is 19.1 Å². The number of aromatic nitrogens is 1. The first-order valence-corrected chi connectivity index (χ1v) is 9.00. The number of nitriles is 1. The summed E-state index contributed by atoms with van der Waals surface area (Å²) in [5, 5.41) is 16.3. The van der Waals surface area contributed by atoms with Crippen LogP contribution in [0.3, 0.4) is 0 Å². The van der Waals surface area contributed by atoms with E-state index in [9.17, 15) is 4.79 Å². The number of carbonyl (C=O) groups excluding carboxylic acids is 1. The largest absolute Gasteiger partial charge is 0.479 e. The van der Waals surface area contributed by atoms with Gasteiger partial charge >= 0.3 is 0 Å². The molecule has 0 saturated carbocycles. The smallest absolute Gasteiger partial charge is 0.259 e. The molecule has 1 amide bonds. The lowest BCUT2D eigenvalue weighted by molar-refractivity contribution is -0.119. The predicted molar refractivity (Wildman–Crippen MR) is 106 cm³/mol. The summed E-state index contributed by atoms with van der Waals surface area (Å²) >= 11 is 1.50. The zero-order valence-electron chi connectivity index (χ0n) is 14.6. The van der Waals surface area contributed by atoms with Crippen LogP contribution in [0.25, 0.3) is 10.2 Å². The van der Waals surface area contributed by atoms with Crippen molar-refractivity contribution >= 4 is 38.3 Å². The van der Waals surface area contributed by atoms with Gasteiger partial charge in [0.2, 0.25) is 0 Å². The van der Waals surface area contributed by atoms with Crippen LogP contribution in [0.15, 0.2) is 53.6 Å². The molecule has 2 aromatic carbocycles. The second kappa shape index (κ2) is 8.78. The molecule has 1 aromatic heterocycles. The lowest BCUT2D eigenvalue weighted by Crippen LogP contribution is -2.26. The Morgan fingerprint density at radius 3 is 2.78 bits per heavy atom. The lowest BCUT2D eigenvalue weighted by atomic mass is 10.1. The van der Waals surface area contributed by atoms with Gasteiger partial charge < -0.3 is 10.1 Å². The number of rotatable bonds is 7. The number of hydrazone groups is 1. The van der Waals surface area contributed by atoms with Crippen LogP contribution in [0.2, 0.25) is 0 Å². The summed E-state index contributed by atoms with van der Waals surface area (Å²) in [6.07, 6.45) is 0. The number of hydrogen-bond donors (Lipinski definition) is 2. The van der Waals surface area contributed by atoms with Gasteiger partial charge in [0, 0.05) is 0 Å². The zero-order chi connectivity index (χ0) is 19.1. The second-order valence-electron chi connectivity index (χ2n) is 5.54. The Morgan fingerprint density at radius 1 is 1.26 bits per heavy atom. The maximum atomic E-state index is 12.0. The van der Waals surface area contributed by atoms with Crippen LogP contribution in [-0.2, 0) is 4.79 Å². The molecule has 0 fully saturated rings. The summed E-state index contributed by atoms with van der Waals surface area (Å²) in [5.41, 5.74) is 4.94. The minimum atomic E-state index is -0.262. The van der Waals surface area contributed by atoms with Crippen LogP contribution in [0.5, 0.6) is 5.75 Å². The van der Waals surface area contributed by atoms with Crippen LogP contribution in [0, 0.1) is 11.3 Å². The third-order valence-corrected chi connectivity index (χ3v) is 4.61. The molecular weight excluding hydrogens is 362 g/mol. The van der Waals surface area contributed by atoms with Gasteiger partial charge in [-0.2, -0.15) is 10.4 Å². The van der Waals surface area contributed by atoms with Gasteiger partial charge in [-0.25, -0.2) is 10.4 Å². The summed E-state index contributed by atoms with van der Waals surface area (Å²) in [6, 6.07) is 16.9. The summed E-state index contributed by atoms with van der Waals surface area (Å²) < 4.78 is 6.27. The third kappa shape index (κ3) is 5.03. The predicted octanol–water partition coefficient (Wildman–Crippen LogP) is 3.15. The molecule has 0 aliphatic rings. The van der Waals surface area contributed by atoms with Crippen LogP contribution in [0.1, 0.15) is 12.5 Å². The fourth-order valence-electron chi connectivity index (χ4n) is 2.26. The Balaban J connectivity index is 1.51. The van der Waals surface area contributed by atoms with E-state index in [2.05, 4.69) is 20.8 Å². The maximum Gasteiger partial charge on any atom is 0.259 e. The van der Waals surface area contributed by atoms with Gasteiger partial charge in [-0.1, -0.05) is 23.5 Å². The SMILES string of the molecule is C/C(=N/NC(=O)CNc1nc2ccccc2s1)c1ccc(OCC#N)cc1. The van der Waals surface area contributed by atoms with E-state index in [0.717, 1.165) is 15.8 Å². The number of hydrogen-bond acceptors (Lipinski definition) is 7. The molecule has 2 N–H and O–H groups in total. The van der Waals surface area contributed by atoms with Crippen LogP contribution in [0.4, 0.5) is 5.13 Å². The molecule has 0 aliphatic heterocycles.